The molecule has 0 radical (unpaired) electrons. The fraction of sp³-hybridized carbons (Fsp3) is 0.158. The van der Waals surface area contributed by atoms with Gasteiger partial charge in [0.15, 0.2) is 0 Å². The number of rotatable bonds is 10. The number of pyridine rings is 1. The minimum Gasteiger partial charge on any atom is -0.509 e. The maximum atomic E-state index is 15.3. The van der Waals surface area contributed by atoms with Crippen LogP contribution in [0.2, 0.25) is 0 Å². The zero-order valence-corrected chi connectivity index (χ0v) is 39.0. The van der Waals surface area contributed by atoms with Crippen LogP contribution >= 0.6 is 0 Å². The topological polar surface area (TPSA) is 33.5 Å². The van der Waals surface area contributed by atoms with E-state index in [2.05, 4.69) is 178 Å². The minimum absolute atomic E-state index is 0. The smallest absolute Gasteiger partial charge is 0.135 e. The average molecular weight is 1020 g/mol. The second kappa shape index (κ2) is 17.6. The van der Waals surface area contributed by atoms with Crippen molar-refractivity contribution in [2.24, 2.45) is 0 Å². The summed E-state index contributed by atoms with van der Waals surface area (Å²) in [7, 11) is 0. The van der Waals surface area contributed by atoms with Crippen molar-refractivity contribution in [1.82, 2.24) is 9.55 Å². The van der Waals surface area contributed by atoms with Crippen molar-refractivity contribution in [3.8, 4) is 39.6 Å². The molecule has 10 rings (SSSR count). The summed E-state index contributed by atoms with van der Waals surface area (Å²) in [5, 5.41) is 2.19. The summed E-state index contributed by atoms with van der Waals surface area (Å²) in [6.07, 6.45) is 1.82. The zero-order chi connectivity index (χ0) is 43.4. The Hall–Kier alpha value is -6.49. The van der Waals surface area contributed by atoms with Crippen molar-refractivity contribution in [1.29, 1.82) is 0 Å². The molecule has 0 saturated heterocycles. The van der Waals surface area contributed by atoms with Crippen molar-refractivity contribution < 1.29 is 30.2 Å². The third-order valence-electron chi connectivity index (χ3n) is 12.1. The zero-order valence-electron chi connectivity index (χ0n) is 36.7. The van der Waals surface area contributed by atoms with Gasteiger partial charge in [0.1, 0.15) is 11.6 Å². The quantitative estimate of drug-likeness (QED) is 0.128. The summed E-state index contributed by atoms with van der Waals surface area (Å²) in [5.74, 6) is 2.35. The van der Waals surface area contributed by atoms with Gasteiger partial charge in [-0.05, 0) is 99.5 Å². The van der Waals surface area contributed by atoms with E-state index in [1.165, 1.54) is 11.6 Å². The molecule has 9 aromatic rings. The largest absolute Gasteiger partial charge is 0.509 e. The Kier molecular flexibility index (Phi) is 11.8. The standard InChI is InChI=1S/C57H48FN4O.Pt/c1-36(2)44-17-7-8-18-45(44)39-29-41(33-43(30-39)63-42-26-27-48-47-20-10-12-22-52(47)62(55(48)34-42)56-25-15-16-28-59-56)60-35-61(54-24-14-13-23-53(54)60)57-49(37(3)4)31-40(32-50(57)38(5)6)46-19-9-11-21-51(46)58;/h7-32,35-38H,1-6H3;/q-3;. The van der Waals surface area contributed by atoms with Crippen molar-refractivity contribution >= 4 is 44.6 Å². The summed E-state index contributed by atoms with van der Waals surface area (Å²) in [4.78, 5) is 9.25. The summed E-state index contributed by atoms with van der Waals surface area (Å²) in [6.45, 7) is 15.5. The fourth-order valence-corrected chi connectivity index (χ4v) is 9.08. The Balaban J connectivity index is 0.00000518. The molecule has 0 spiro atoms. The maximum absolute atomic E-state index is 15.3. The molecule has 5 nitrogen and oxygen atoms in total. The van der Waals surface area contributed by atoms with Crippen molar-refractivity contribution in [2.75, 3.05) is 9.80 Å². The van der Waals surface area contributed by atoms with Crippen LogP contribution in [0.25, 0.3) is 49.9 Å². The molecule has 0 amide bonds. The van der Waals surface area contributed by atoms with Gasteiger partial charge in [-0.3, -0.25) is 0 Å². The third-order valence-corrected chi connectivity index (χ3v) is 12.1. The van der Waals surface area contributed by atoms with Gasteiger partial charge in [0, 0.05) is 66.9 Å². The average Bonchev–Trinajstić information content (AvgIpc) is 3.85. The predicted molar refractivity (Wildman–Crippen MR) is 257 cm³/mol. The van der Waals surface area contributed by atoms with E-state index in [9.17, 15) is 0 Å². The van der Waals surface area contributed by atoms with Crippen LogP contribution < -0.4 is 14.5 Å². The number of hydrogen-bond donors (Lipinski definition) is 0. The number of para-hydroxylation sites is 3. The molecule has 1 aliphatic rings. The van der Waals surface area contributed by atoms with Crippen LogP contribution in [0.4, 0.5) is 27.1 Å². The minimum atomic E-state index is -0.223. The Morgan fingerprint density at radius 2 is 1.19 bits per heavy atom. The molecule has 3 heterocycles. The molecule has 0 atom stereocenters. The molecule has 7 heteroatoms. The number of aromatic nitrogens is 2. The molecule has 322 valence electrons. The van der Waals surface area contributed by atoms with E-state index < -0.39 is 0 Å². The van der Waals surface area contributed by atoms with E-state index in [1.807, 2.05) is 42.6 Å². The SMILES string of the molecule is CC(C)c1ccccc1-c1cc(Oc2[c-]c3c(cc2)c2ccccc2n3-c2ccccn2)[c-]c(N2[CH-]N(c3c(C(C)C)cc(-c4ccccc4F)cc3C(C)C)c3ccccc32)c1.[Pt]. The van der Waals surface area contributed by atoms with Crippen LogP contribution in [0.15, 0.2) is 158 Å². The Morgan fingerprint density at radius 1 is 0.562 bits per heavy atom. The number of halogens is 1. The molecule has 64 heavy (non-hydrogen) atoms. The van der Waals surface area contributed by atoms with Crippen LogP contribution in [0, 0.1) is 24.6 Å². The number of benzene rings is 7. The van der Waals surface area contributed by atoms with Crippen LogP contribution in [-0.4, -0.2) is 9.55 Å². The predicted octanol–water partition coefficient (Wildman–Crippen LogP) is 15.8. The normalized spacial score (nSPS) is 12.5. The van der Waals surface area contributed by atoms with Gasteiger partial charge in [0.05, 0.1) is 0 Å². The van der Waals surface area contributed by atoms with Gasteiger partial charge in [0.2, 0.25) is 0 Å². The molecule has 1 aliphatic heterocycles. The van der Waals surface area contributed by atoms with Crippen LogP contribution in [-0.2, 0) is 21.1 Å². The van der Waals surface area contributed by atoms with Crippen LogP contribution in [0.1, 0.15) is 76.0 Å². The second-order valence-corrected chi connectivity index (χ2v) is 17.2. The van der Waals surface area contributed by atoms with Gasteiger partial charge in [0.25, 0.3) is 0 Å². The van der Waals surface area contributed by atoms with Crippen molar-refractivity contribution in [2.45, 2.75) is 59.3 Å². The Bertz CT molecular complexity index is 3130. The monoisotopic (exact) mass is 1020 g/mol. The van der Waals surface area contributed by atoms with Gasteiger partial charge in [-0.25, -0.2) is 9.37 Å². The van der Waals surface area contributed by atoms with E-state index in [-0.39, 0.29) is 38.7 Å². The van der Waals surface area contributed by atoms with E-state index in [1.54, 1.807) is 6.07 Å². The Labute approximate surface area is 390 Å². The summed E-state index contributed by atoms with van der Waals surface area (Å²) in [5.41, 5.74) is 13.1. The van der Waals surface area contributed by atoms with Gasteiger partial charge < -0.3 is 19.1 Å². The van der Waals surface area contributed by atoms with E-state index >= 15 is 4.39 Å². The Morgan fingerprint density at radius 3 is 1.89 bits per heavy atom. The number of hydrogen-bond acceptors (Lipinski definition) is 4. The van der Waals surface area contributed by atoms with Gasteiger partial charge in [-0.2, -0.15) is 6.07 Å². The summed E-state index contributed by atoms with van der Waals surface area (Å²) in [6, 6.07) is 58.6. The van der Waals surface area contributed by atoms with Crippen molar-refractivity contribution in [3.63, 3.8) is 0 Å². The molecule has 7 aromatic carbocycles. The first-order chi connectivity index (χ1) is 30.6. The summed E-state index contributed by atoms with van der Waals surface area (Å²) >= 11 is 0. The van der Waals surface area contributed by atoms with E-state index in [4.69, 9.17) is 9.72 Å². The van der Waals surface area contributed by atoms with Gasteiger partial charge in [-0.1, -0.05) is 126 Å². The number of anilines is 4. The first kappa shape index (κ1) is 42.8. The molecular weight excluding hydrogens is 971 g/mol. The first-order valence-electron chi connectivity index (χ1n) is 21.8. The molecule has 0 bridgehead atoms. The summed E-state index contributed by atoms with van der Waals surface area (Å²) < 4.78 is 24.3. The van der Waals surface area contributed by atoms with Gasteiger partial charge >= 0.3 is 0 Å². The second-order valence-electron chi connectivity index (χ2n) is 17.2. The van der Waals surface area contributed by atoms with E-state index in [0.717, 1.165) is 78.2 Å². The van der Waals surface area contributed by atoms with Crippen molar-refractivity contribution in [3.05, 3.63) is 199 Å². The number of ether oxygens (including phenoxy) is 1. The maximum Gasteiger partial charge on any atom is 0.135 e. The number of fused-ring (bicyclic) bond motifs is 4. The number of nitrogens with zero attached hydrogens (tertiary/aromatic N) is 4. The molecule has 2 aromatic heterocycles. The van der Waals surface area contributed by atoms with E-state index in [0.29, 0.717) is 23.0 Å². The molecule has 0 fully saturated rings. The fourth-order valence-electron chi connectivity index (χ4n) is 9.08. The molecule has 0 unspecified atom stereocenters. The van der Waals surface area contributed by atoms with Crippen LogP contribution in [0.3, 0.4) is 0 Å². The van der Waals surface area contributed by atoms with Crippen LogP contribution in [0.5, 0.6) is 11.5 Å². The molecule has 0 aliphatic carbocycles. The molecular formula is C57H48FN4OPt-3. The first-order valence-corrected chi connectivity index (χ1v) is 21.8. The molecule has 0 saturated carbocycles. The van der Waals surface area contributed by atoms with Gasteiger partial charge in [-0.15, -0.1) is 53.6 Å². The third kappa shape index (κ3) is 7.68. The molecule has 0 N–H and O–H groups in total.